The van der Waals surface area contributed by atoms with E-state index < -0.39 is 0 Å². The van der Waals surface area contributed by atoms with E-state index in [2.05, 4.69) is 48.3 Å². The fraction of sp³-hybridized carbons (Fsp3) is 0.300. The first-order valence-corrected chi connectivity index (χ1v) is 8.15. The van der Waals surface area contributed by atoms with Gasteiger partial charge in [0.05, 0.1) is 0 Å². The van der Waals surface area contributed by atoms with Crippen molar-refractivity contribution in [3.63, 3.8) is 0 Å². The Balaban J connectivity index is 1.82. The summed E-state index contributed by atoms with van der Waals surface area (Å²) in [5.74, 6) is 0.932. The minimum Gasteiger partial charge on any atom is -0.474 e. The van der Waals surface area contributed by atoms with E-state index in [1.54, 1.807) is 0 Å². The first kappa shape index (κ1) is 14.7. The fourth-order valence-corrected chi connectivity index (χ4v) is 2.83. The van der Waals surface area contributed by atoms with Gasteiger partial charge in [0, 0.05) is 16.5 Å². The number of rotatable bonds is 7. The molecule has 1 heterocycles. The third-order valence-electron chi connectivity index (χ3n) is 4.03. The second-order valence-electron chi connectivity index (χ2n) is 5.71. The number of ether oxygens (including phenoxy) is 1. The van der Waals surface area contributed by atoms with Crippen LogP contribution in [-0.4, -0.2) is 4.98 Å². The van der Waals surface area contributed by atoms with Crippen LogP contribution in [0.1, 0.15) is 37.3 Å². The minimum absolute atomic E-state index is 0.606. The Labute approximate surface area is 132 Å². The Morgan fingerprint density at radius 1 is 0.909 bits per heavy atom. The molecular weight excluding hydrogens is 270 g/mol. The molecule has 0 aliphatic carbocycles. The molecule has 0 bridgehead atoms. The lowest BCUT2D eigenvalue weighted by Crippen LogP contribution is -1.98. The highest BCUT2D eigenvalue weighted by Gasteiger charge is 2.12. The molecule has 22 heavy (non-hydrogen) atoms. The van der Waals surface area contributed by atoms with Crippen LogP contribution in [0.15, 0.2) is 54.6 Å². The minimum atomic E-state index is 0.606. The van der Waals surface area contributed by atoms with Crippen molar-refractivity contribution in [1.82, 2.24) is 4.98 Å². The maximum absolute atomic E-state index is 6.08. The van der Waals surface area contributed by atoms with Crippen molar-refractivity contribution in [2.75, 3.05) is 0 Å². The van der Waals surface area contributed by atoms with Crippen LogP contribution < -0.4 is 4.74 Å². The molecule has 0 fully saturated rings. The number of hydrogen-bond donors (Lipinski definition) is 1. The zero-order chi connectivity index (χ0) is 15.2. The van der Waals surface area contributed by atoms with Gasteiger partial charge < -0.3 is 9.72 Å². The monoisotopic (exact) mass is 293 g/mol. The van der Waals surface area contributed by atoms with E-state index in [0.29, 0.717) is 6.61 Å². The Morgan fingerprint density at radius 2 is 1.68 bits per heavy atom. The van der Waals surface area contributed by atoms with E-state index in [1.165, 1.54) is 35.8 Å². The quantitative estimate of drug-likeness (QED) is 0.573. The molecule has 0 saturated carbocycles. The molecule has 0 radical (unpaired) electrons. The van der Waals surface area contributed by atoms with Crippen LogP contribution in [-0.2, 0) is 13.0 Å². The van der Waals surface area contributed by atoms with Gasteiger partial charge in [0.2, 0.25) is 0 Å². The summed E-state index contributed by atoms with van der Waals surface area (Å²) in [6, 6.07) is 18.8. The highest BCUT2D eigenvalue weighted by molar-refractivity contribution is 5.85. The van der Waals surface area contributed by atoms with E-state index >= 15 is 0 Å². The van der Waals surface area contributed by atoms with E-state index in [-0.39, 0.29) is 0 Å². The predicted molar refractivity (Wildman–Crippen MR) is 92.3 cm³/mol. The molecule has 3 rings (SSSR count). The lowest BCUT2D eigenvalue weighted by molar-refractivity contribution is 0.293. The van der Waals surface area contributed by atoms with Gasteiger partial charge >= 0.3 is 0 Å². The zero-order valence-corrected chi connectivity index (χ0v) is 13.1. The summed E-state index contributed by atoms with van der Waals surface area (Å²) < 4.78 is 6.08. The predicted octanol–water partition coefficient (Wildman–Crippen LogP) is 5.48. The van der Waals surface area contributed by atoms with Crippen molar-refractivity contribution in [2.24, 2.45) is 0 Å². The van der Waals surface area contributed by atoms with Gasteiger partial charge in [-0.25, -0.2) is 0 Å². The topological polar surface area (TPSA) is 25.0 Å². The first-order chi connectivity index (χ1) is 10.9. The smallest absolute Gasteiger partial charge is 0.195 e. The van der Waals surface area contributed by atoms with Gasteiger partial charge in [-0.1, -0.05) is 68.3 Å². The van der Waals surface area contributed by atoms with Crippen LogP contribution in [0, 0.1) is 0 Å². The maximum atomic E-state index is 6.08. The Hall–Kier alpha value is -2.22. The van der Waals surface area contributed by atoms with Crippen LogP contribution >= 0.6 is 0 Å². The number of aromatic amines is 1. The van der Waals surface area contributed by atoms with E-state index in [4.69, 9.17) is 4.74 Å². The molecule has 0 atom stereocenters. The summed E-state index contributed by atoms with van der Waals surface area (Å²) in [6.45, 7) is 2.84. The molecule has 1 aromatic heterocycles. The van der Waals surface area contributed by atoms with Crippen LogP contribution in [0.25, 0.3) is 10.9 Å². The van der Waals surface area contributed by atoms with Gasteiger partial charge in [0.1, 0.15) is 6.61 Å². The standard InChI is InChI=1S/C20H23NO/c1-2-3-5-13-18-17-12-8-9-14-19(17)21-20(18)22-15-16-10-6-4-7-11-16/h4,6-12,14,21H,2-3,5,13,15H2,1H3. The Kier molecular flexibility index (Phi) is 4.79. The third-order valence-corrected chi connectivity index (χ3v) is 4.03. The van der Waals surface area contributed by atoms with Gasteiger partial charge in [0.25, 0.3) is 0 Å². The van der Waals surface area contributed by atoms with Crippen LogP contribution in [0.5, 0.6) is 5.88 Å². The molecule has 0 spiro atoms. The zero-order valence-electron chi connectivity index (χ0n) is 13.1. The second kappa shape index (κ2) is 7.17. The number of aryl methyl sites for hydroxylation is 1. The Bertz CT molecular complexity index is 715. The molecule has 2 nitrogen and oxygen atoms in total. The molecule has 2 heteroatoms. The van der Waals surface area contributed by atoms with Gasteiger partial charge in [0.15, 0.2) is 5.88 Å². The summed E-state index contributed by atoms with van der Waals surface area (Å²) in [7, 11) is 0. The average molecular weight is 293 g/mol. The van der Waals surface area contributed by atoms with Crippen molar-refractivity contribution >= 4 is 10.9 Å². The van der Waals surface area contributed by atoms with Crippen LogP contribution in [0.3, 0.4) is 0 Å². The van der Waals surface area contributed by atoms with E-state index in [1.807, 2.05) is 18.2 Å². The van der Waals surface area contributed by atoms with E-state index in [0.717, 1.165) is 17.8 Å². The van der Waals surface area contributed by atoms with Crippen molar-refractivity contribution in [2.45, 2.75) is 39.2 Å². The van der Waals surface area contributed by atoms with Crippen molar-refractivity contribution in [3.05, 3.63) is 65.7 Å². The first-order valence-electron chi connectivity index (χ1n) is 8.15. The van der Waals surface area contributed by atoms with Crippen molar-refractivity contribution in [1.29, 1.82) is 0 Å². The molecule has 0 aliphatic heterocycles. The lowest BCUT2D eigenvalue weighted by atomic mass is 10.1. The molecular formula is C20H23NO. The molecule has 0 unspecified atom stereocenters. The van der Waals surface area contributed by atoms with Gasteiger partial charge in [-0.15, -0.1) is 0 Å². The highest BCUT2D eigenvalue weighted by Crippen LogP contribution is 2.30. The van der Waals surface area contributed by atoms with Gasteiger partial charge in [-0.2, -0.15) is 0 Å². The number of aromatic nitrogens is 1. The lowest BCUT2D eigenvalue weighted by Gasteiger charge is -2.07. The summed E-state index contributed by atoms with van der Waals surface area (Å²) in [6.07, 6.45) is 4.78. The molecule has 3 aromatic rings. The highest BCUT2D eigenvalue weighted by atomic mass is 16.5. The van der Waals surface area contributed by atoms with E-state index in [9.17, 15) is 0 Å². The fourth-order valence-electron chi connectivity index (χ4n) is 2.83. The SMILES string of the molecule is CCCCCc1c(OCc2ccccc2)[nH]c2ccccc12. The molecule has 1 N–H and O–H groups in total. The largest absolute Gasteiger partial charge is 0.474 e. The summed E-state index contributed by atoms with van der Waals surface area (Å²) >= 11 is 0. The van der Waals surface area contributed by atoms with Crippen molar-refractivity contribution in [3.8, 4) is 5.88 Å². The molecule has 2 aromatic carbocycles. The number of hydrogen-bond acceptors (Lipinski definition) is 1. The molecule has 0 saturated heterocycles. The van der Waals surface area contributed by atoms with Crippen molar-refractivity contribution < 1.29 is 4.74 Å². The van der Waals surface area contributed by atoms with Gasteiger partial charge in [-0.3, -0.25) is 0 Å². The second-order valence-corrected chi connectivity index (χ2v) is 5.71. The molecule has 0 aliphatic rings. The third kappa shape index (κ3) is 3.33. The van der Waals surface area contributed by atoms with Crippen LogP contribution in [0.4, 0.5) is 0 Å². The summed E-state index contributed by atoms with van der Waals surface area (Å²) in [5, 5.41) is 1.29. The maximum Gasteiger partial charge on any atom is 0.195 e. The molecule has 0 amide bonds. The van der Waals surface area contributed by atoms with Crippen LogP contribution in [0.2, 0.25) is 0 Å². The summed E-state index contributed by atoms with van der Waals surface area (Å²) in [4.78, 5) is 3.44. The number of unbranched alkanes of at least 4 members (excludes halogenated alkanes) is 2. The average Bonchev–Trinajstić information content (AvgIpc) is 2.92. The number of benzene rings is 2. The van der Waals surface area contributed by atoms with Gasteiger partial charge in [-0.05, 0) is 24.5 Å². The molecule has 114 valence electrons. The summed E-state index contributed by atoms with van der Waals surface area (Å²) in [5.41, 5.74) is 3.68. The number of H-pyrrole nitrogens is 1. The normalized spacial score (nSPS) is 11.0. The number of nitrogens with one attached hydrogen (secondary N) is 1. The number of fused-ring (bicyclic) bond motifs is 1. The Morgan fingerprint density at radius 3 is 2.50 bits per heavy atom. The number of para-hydroxylation sites is 1.